The largest absolute Gasteiger partial charge is 0.497 e. The first-order valence-electron chi connectivity index (χ1n) is 5.39. The molecular formula is C13H16N2O. The maximum atomic E-state index is 5.54. The zero-order valence-electron chi connectivity index (χ0n) is 9.66. The summed E-state index contributed by atoms with van der Waals surface area (Å²) in [7, 11) is 1.67. The van der Waals surface area contributed by atoms with Gasteiger partial charge in [0.05, 0.1) is 12.6 Å². The lowest BCUT2D eigenvalue weighted by molar-refractivity contribution is 0.415. The number of pyridine rings is 1. The maximum absolute atomic E-state index is 5.54. The Bertz CT molecular complexity index is 509. The molecule has 2 N–H and O–H groups in total. The van der Waals surface area contributed by atoms with E-state index < -0.39 is 0 Å². The van der Waals surface area contributed by atoms with Gasteiger partial charge in [0, 0.05) is 17.5 Å². The van der Waals surface area contributed by atoms with Gasteiger partial charge in [0.2, 0.25) is 0 Å². The van der Waals surface area contributed by atoms with Gasteiger partial charge in [-0.3, -0.25) is 4.98 Å². The Morgan fingerprint density at radius 3 is 2.81 bits per heavy atom. The van der Waals surface area contributed by atoms with Crippen LogP contribution in [0.1, 0.15) is 11.3 Å². The number of aromatic nitrogens is 1. The lowest BCUT2D eigenvalue weighted by Crippen LogP contribution is -2.04. The Balaban J connectivity index is 2.57. The van der Waals surface area contributed by atoms with Gasteiger partial charge < -0.3 is 10.5 Å². The number of hydrogen-bond donors (Lipinski definition) is 1. The van der Waals surface area contributed by atoms with Crippen molar-refractivity contribution in [1.29, 1.82) is 0 Å². The van der Waals surface area contributed by atoms with Crippen LogP contribution in [-0.2, 0) is 6.42 Å². The predicted molar refractivity (Wildman–Crippen MR) is 65.8 cm³/mol. The van der Waals surface area contributed by atoms with Crippen molar-refractivity contribution < 1.29 is 4.74 Å². The fourth-order valence-electron chi connectivity index (χ4n) is 1.85. The average Bonchev–Trinajstić information content (AvgIpc) is 2.29. The third-order valence-electron chi connectivity index (χ3n) is 2.68. The van der Waals surface area contributed by atoms with Crippen LogP contribution in [0.4, 0.5) is 0 Å². The topological polar surface area (TPSA) is 48.1 Å². The molecule has 84 valence electrons. The van der Waals surface area contributed by atoms with Gasteiger partial charge >= 0.3 is 0 Å². The van der Waals surface area contributed by atoms with Crippen molar-refractivity contribution in [3.63, 3.8) is 0 Å². The third-order valence-corrected chi connectivity index (χ3v) is 2.68. The van der Waals surface area contributed by atoms with E-state index in [2.05, 4.69) is 18.0 Å². The lowest BCUT2D eigenvalue weighted by Gasteiger charge is -2.07. The van der Waals surface area contributed by atoms with E-state index in [0.29, 0.717) is 6.54 Å². The van der Waals surface area contributed by atoms with Crippen molar-refractivity contribution in [3.05, 3.63) is 35.5 Å². The van der Waals surface area contributed by atoms with Crippen molar-refractivity contribution in [2.24, 2.45) is 5.73 Å². The van der Waals surface area contributed by atoms with Gasteiger partial charge in [-0.15, -0.1) is 0 Å². The highest BCUT2D eigenvalue weighted by Crippen LogP contribution is 2.23. The minimum Gasteiger partial charge on any atom is -0.497 e. The number of ether oxygens (including phenoxy) is 1. The number of rotatable bonds is 3. The van der Waals surface area contributed by atoms with E-state index >= 15 is 0 Å². The second-order valence-corrected chi connectivity index (χ2v) is 3.85. The standard InChI is InChI=1S/C13H16N2O/c1-9-7-10(5-6-14)15-13-4-3-11(16-2)8-12(9)13/h3-4,7-8H,5-6,14H2,1-2H3. The van der Waals surface area contributed by atoms with Crippen LogP contribution in [-0.4, -0.2) is 18.6 Å². The highest BCUT2D eigenvalue weighted by atomic mass is 16.5. The zero-order valence-corrected chi connectivity index (χ0v) is 9.66. The smallest absolute Gasteiger partial charge is 0.119 e. The van der Waals surface area contributed by atoms with E-state index in [-0.39, 0.29) is 0 Å². The second kappa shape index (κ2) is 4.49. The summed E-state index contributed by atoms with van der Waals surface area (Å²) in [5.41, 5.74) is 8.81. The second-order valence-electron chi connectivity index (χ2n) is 3.85. The van der Waals surface area contributed by atoms with Gasteiger partial charge in [-0.2, -0.15) is 0 Å². The van der Waals surface area contributed by atoms with E-state index in [4.69, 9.17) is 10.5 Å². The minimum atomic E-state index is 0.633. The molecule has 0 aliphatic heterocycles. The number of benzene rings is 1. The molecule has 0 saturated heterocycles. The number of aryl methyl sites for hydroxylation is 1. The highest BCUT2D eigenvalue weighted by Gasteiger charge is 2.03. The maximum Gasteiger partial charge on any atom is 0.119 e. The molecule has 0 amide bonds. The van der Waals surface area contributed by atoms with E-state index in [9.17, 15) is 0 Å². The van der Waals surface area contributed by atoms with Gasteiger partial charge in [-0.1, -0.05) is 0 Å². The molecule has 1 aromatic heterocycles. The molecule has 0 aliphatic rings. The molecule has 0 spiro atoms. The lowest BCUT2D eigenvalue weighted by atomic mass is 10.1. The normalized spacial score (nSPS) is 10.7. The fourth-order valence-corrected chi connectivity index (χ4v) is 1.85. The minimum absolute atomic E-state index is 0.633. The SMILES string of the molecule is COc1ccc2nc(CCN)cc(C)c2c1. The molecule has 3 nitrogen and oxygen atoms in total. The molecule has 1 heterocycles. The van der Waals surface area contributed by atoms with Crippen LogP contribution in [0, 0.1) is 6.92 Å². The van der Waals surface area contributed by atoms with Crippen LogP contribution < -0.4 is 10.5 Å². The van der Waals surface area contributed by atoms with E-state index in [1.165, 1.54) is 5.56 Å². The summed E-state index contributed by atoms with van der Waals surface area (Å²) in [4.78, 5) is 4.57. The van der Waals surface area contributed by atoms with Crippen molar-refractivity contribution in [2.45, 2.75) is 13.3 Å². The van der Waals surface area contributed by atoms with Crippen LogP contribution in [0.5, 0.6) is 5.75 Å². The number of methoxy groups -OCH3 is 1. The van der Waals surface area contributed by atoms with E-state index in [1.807, 2.05) is 18.2 Å². The summed E-state index contributed by atoms with van der Waals surface area (Å²) in [6.45, 7) is 2.72. The Kier molecular flexibility index (Phi) is 3.06. The third kappa shape index (κ3) is 1.99. The summed E-state index contributed by atoms with van der Waals surface area (Å²) in [5.74, 6) is 0.865. The van der Waals surface area contributed by atoms with Gasteiger partial charge in [-0.05, 0) is 43.3 Å². The molecule has 0 saturated carbocycles. The van der Waals surface area contributed by atoms with Crippen molar-refractivity contribution in [3.8, 4) is 5.75 Å². The van der Waals surface area contributed by atoms with Gasteiger partial charge in [0.15, 0.2) is 0 Å². The molecule has 0 unspecified atom stereocenters. The first-order valence-corrected chi connectivity index (χ1v) is 5.39. The quantitative estimate of drug-likeness (QED) is 0.854. The molecule has 2 aromatic rings. The monoisotopic (exact) mass is 216 g/mol. The predicted octanol–water partition coefficient (Wildman–Crippen LogP) is 2.05. The zero-order chi connectivity index (χ0) is 11.5. The first-order chi connectivity index (χ1) is 7.74. The highest BCUT2D eigenvalue weighted by molar-refractivity contribution is 5.83. The van der Waals surface area contributed by atoms with Crippen molar-refractivity contribution >= 4 is 10.9 Å². The summed E-state index contributed by atoms with van der Waals surface area (Å²) in [6, 6.07) is 8.03. The van der Waals surface area contributed by atoms with Gasteiger partial charge in [0.25, 0.3) is 0 Å². The van der Waals surface area contributed by atoms with Gasteiger partial charge in [-0.25, -0.2) is 0 Å². The molecule has 16 heavy (non-hydrogen) atoms. The van der Waals surface area contributed by atoms with Crippen molar-refractivity contribution in [1.82, 2.24) is 4.98 Å². The van der Waals surface area contributed by atoms with Crippen LogP contribution >= 0.6 is 0 Å². The Morgan fingerprint density at radius 2 is 2.12 bits per heavy atom. The number of nitrogens with zero attached hydrogens (tertiary/aromatic N) is 1. The first kappa shape index (κ1) is 10.9. The Hall–Kier alpha value is -1.61. The Morgan fingerprint density at radius 1 is 1.31 bits per heavy atom. The van der Waals surface area contributed by atoms with E-state index in [1.54, 1.807) is 7.11 Å². The Labute approximate surface area is 95.2 Å². The summed E-state index contributed by atoms with van der Waals surface area (Å²) < 4.78 is 5.21. The van der Waals surface area contributed by atoms with Crippen LogP contribution in [0.15, 0.2) is 24.3 Å². The van der Waals surface area contributed by atoms with E-state index in [0.717, 1.165) is 28.8 Å². The van der Waals surface area contributed by atoms with Crippen molar-refractivity contribution in [2.75, 3.05) is 13.7 Å². The van der Waals surface area contributed by atoms with Gasteiger partial charge in [0.1, 0.15) is 5.75 Å². The molecule has 0 bridgehead atoms. The average molecular weight is 216 g/mol. The molecule has 1 aromatic carbocycles. The summed E-state index contributed by atoms with van der Waals surface area (Å²) in [6.07, 6.45) is 0.822. The molecule has 0 radical (unpaired) electrons. The van der Waals surface area contributed by atoms with Crippen LogP contribution in [0.2, 0.25) is 0 Å². The molecule has 0 atom stereocenters. The summed E-state index contributed by atoms with van der Waals surface area (Å²) >= 11 is 0. The molecule has 0 fully saturated rings. The van der Waals surface area contributed by atoms with Crippen LogP contribution in [0.3, 0.4) is 0 Å². The number of nitrogens with two attached hydrogens (primary N) is 1. The molecule has 0 aliphatic carbocycles. The summed E-state index contributed by atoms with van der Waals surface area (Å²) in [5, 5.41) is 1.14. The fraction of sp³-hybridized carbons (Fsp3) is 0.308. The van der Waals surface area contributed by atoms with Crippen LogP contribution in [0.25, 0.3) is 10.9 Å². The number of hydrogen-bond acceptors (Lipinski definition) is 3. The molecule has 3 heteroatoms. The molecular weight excluding hydrogens is 200 g/mol. The molecule has 2 rings (SSSR count). The number of fused-ring (bicyclic) bond motifs is 1.